The van der Waals surface area contributed by atoms with Crippen molar-refractivity contribution in [2.45, 2.75) is 52.7 Å². The van der Waals surface area contributed by atoms with E-state index in [0.29, 0.717) is 24.5 Å². The number of halogens is 1. The molecule has 2 rings (SSSR count). The van der Waals surface area contributed by atoms with E-state index in [2.05, 4.69) is 25.8 Å². The highest BCUT2D eigenvalue weighted by Gasteiger charge is 2.31. The Morgan fingerprint density at radius 1 is 1.42 bits per heavy atom. The molecule has 1 aromatic rings. The average molecular weight is 282 g/mol. The molecule has 1 aromatic heterocycles. The quantitative estimate of drug-likeness (QED) is 0.797. The number of aromatic nitrogens is 1. The van der Waals surface area contributed by atoms with Crippen molar-refractivity contribution in [1.29, 1.82) is 0 Å². The van der Waals surface area contributed by atoms with Crippen LogP contribution >= 0.6 is 11.6 Å². The fourth-order valence-corrected chi connectivity index (χ4v) is 3.21. The van der Waals surface area contributed by atoms with E-state index < -0.39 is 0 Å². The summed E-state index contributed by atoms with van der Waals surface area (Å²) in [5.41, 5.74) is 0.924. The zero-order valence-corrected chi connectivity index (χ0v) is 12.9. The molecule has 3 atom stereocenters. The summed E-state index contributed by atoms with van der Waals surface area (Å²) in [6.45, 7) is 7.50. The maximum absolute atomic E-state index is 6.15. The number of rotatable bonds is 4. The highest BCUT2D eigenvalue weighted by molar-refractivity contribution is 6.30. The van der Waals surface area contributed by atoms with Gasteiger partial charge in [0, 0.05) is 11.2 Å². The fraction of sp³-hybridized carbons (Fsp3) is 0.688. The highest BCUT2D eigenvalue weighted by atomic mass is 35.5. The minimum Gasteiger partial charge on any atom is -0.372 e. The summed E-state index contributed by atoms with van der Waals surface area (Å²) in [5, 5.41) is 0.728. The summed E-state index contributed by atoms with van der Waals surface area (Å²) in [6.07, 6.45) is 5.89. The number of pyridine rings is 1. The first-order chi connectivity index (χ1) is 9.06. The molecule has 1 aliphatic carbocycles. The molecule has 0 aliphatic heterocycles. The third kappa shape index (κ3) is 4.19. The summed E-state index contributed by atoms with van der Waals surface area (Å²) in [5.74, 6) is 2.13. The molecule has 3 unspecified atom stereocenters. The van der Waals surface area contributed by atoms with Gasteiger partial charge in [-0.3, -0.25) is 4.98 Å². The zero-order valence-electron chi connectivity index (χ0n) is 12.1. The second-order valence-electron chi connectivity index (χ2n) is 6.14. The van der Waals surface area contributed by atoms with Crippen LogP contribution < -0.4 is 0 Å². The highest BCUT2D eigenvalue weighted by Crippen LogP contribution is 2.35. The van der Waals surface area contributed by atoms with Gasteiger partial charge in [-0.15, -0.1) is 0 Å². The Labute approximate surface area is 121 Å². The molecule has 3 heteroatoms. The second-order valence-corrected chi connectivity index (χ2v) is 6.58. The van der Waals surface area contributed by atoms with E-state index in [-0.39, 0.29) is 0 Å². The predicted octanol–water partition coefficient (Wildman–Crippen LogP) is 4.71. The molecular weight excluding hydrogens is 258 g/mol. The van der Waals surface area contributed by atoms with Crippen LogP contribution in [0.1, 0.15) is 45.7 Å². The third-order valence-electron chi connectivity index (χ3n) is 4.19. The summed E-state index contributed by atoms with van der Waals surface area (Å²) < 4.78 is 6.15. The molecule has 106 valence electrons. The van der Waals surface area contributed by atoms with Crippen molar-refractivity contribution in [3.05, 3.63) is 29.0 Å². The SMILES string of the molecule is CC1CCC(C(C)C)C(OCc2cc(Cl)ccn2)C1. The Morgan fingerprint density at radius 3 is 2.89 bits per heavy atom. The summed E-state index contributed by atoms with van der Waals surface area (Å²) in [7, 11) is 0. The zero-order chi connectivity index (χ0) is 13.8. The first kappa shape index (κ1) is 14.8. The van der Waals surface area contributed by atoms with Crippen LogP contribution in [0.4, 0.5) is 0 Å². The Bertz CT molecular complexity index is 407. The molecule has 1 heterocycles. The van der Waals surface area contributed by atoms with Crippen LogP contribution in [0.3, 0.4) is 0 Å². The maximum atomic E-state index is 6.15. The van der Waals surface area contributed by atoms with Crippen molar-refractivity contribution >= 4 is 11.6 Å². The second kappa shape index (κ2) is 6.71. The number of nitrogens with zero attached hydrogens (tertiary/aromatic N) is 1. The molecule has 1 saturated carbocycles. The van der Waals surface area contributed by atoms with Gasteiger partial charge in [0.15, 0.2) is 0 Å². The van der Waals surface area contributed by atoms with Gasteiger partial charge in [0.25, 0.3) is 0 Å². The molecule has 19 heavy (non-hydrogen) atoms. The fourth-order valence-electron chi connectivity index (χ4n) is 3.03. The van der Waals surface area contributed by atoms with Crippen molar-refractivity contribution in [2.75, 3.05) is 0 Å². The largest absolute Gasteiger partial charge is 0.372 e. The molecule has 0 amide bonds. The Hall–Kier alpha value is -0.600. The van der Waals surface area contributed by atoms with Crippen LogP contribution in [0, 0.1) is 17.8 Å². The van der Waals surface area contributed by atoms with Crippen LogP contribution in [0.2, 0.25) is 5.02 Å². The number of hydrogen-bond acceptors (Lipinski definition) is 2. The molecule has 0 N–H and O–H groups in total. The molecular formula is C16H24ClNO. The topological polar surface area (TPSA) is 22.1 Å². The van der Waals surface area contributed by atoms with Gasteiger partial charge >= 0.3 is 0 Å². The molecule has 0 aromatic carbocycles. The van der Waals surface area contributed by atoms with Crippen molar-refractivity contribution in [3.63, 3.8) is 0 Å². The standard InChI is InChI=1S/C16H24ClNO/c1-11(2)15-5-4-12(3)8-16(15)19-10-14-9-13(17)6-7-18-14/h6-7,9,11-12,15-16H,4-5,8,10H2,1-3H3. The third-order valence-corrected chi connectivity index (χ3v) is 4.42. The van der Waals surface area contributed by atoms with Crippen LogP contribution in [0.25, 0.3) is 0 Å². The predicted molar refractivity (Wildman–Crippen MR) is 79.2 cm³/mol. The van der Waals surface area contributed by atoms with Gasteiger partial charge in [-0.05, 0) is 42.7 Å². The van der Waals surface area contributed by atoms with Gasteiger partial charge < -0.3 is 4.74 Å². The average Bonchev–Trinajstić information content (AvgIpc) is 2.36. The molecule has 1 fully saturated rings. The Balaban J connectivity index is 1.95. The van der Waals surface area contributed by atoms with Crippen LogP contribution in [-0.4, -0.2) is 11.1 Å². The van der Waals surface area contributed by atoms with E-state index >= 15 is 0 Å². The lowest BCUT2D eigenvalue weighted by atomic mass is 9.75. The van der Waals surface area contributed by atoms with Gasteiger partial charge in [-0.25, -0.2) is 0 Å². The van der Waals surface area contributed by atoms with Crippen molar-refractivity contribution in [3.8, 4) is 0 Å². The minimum absolute atomic E-state index is 0.365. The normalized spacial score (nSPS) is 27.7. The van der Waals surface area contributed by atoms with Crippen molar-refractivity contribution in [1.82, 2.24) is 4.98 Å². The maximum Gasteiger partial charge on any atom is 0.0892 e. The van der Waals surface area contributed by atoms with Crippen molar-refractivity contribution < 1.29 is 4.74 Å². The van der Waals surface area contributed by atoms with Gasteiger partial charge in [0.2, 0.25) is 0 Å². The van der Waals surface area contributed by atoms with Gasteiger partial charge in [-0.1, -0.05) is 38.8 Å². The Morgan fingerprint density at radius 2 is 2.21 bits per heavy atom. The Kier molecular flexibility index (Phi) is 5.23. The first-order valence-electron chi connectivity index (χ1n) is 7.28. The molecule has 0 saturated heterocycles. The lowest BCUT2D eigenvalue weighted by Gasteiger charge is -2.37. The lowest BCUT2D eigenvalue weighted by molar-refractivity contribution is -0.0483. The molecule has 1 aliphatic rings. The van der Waals surface area contributed by atoms with E-state index in [4.69, 9.17) is 16.3 Å². The molecule has 0 bridgehead atoms. The van der Waals surface area contributed by atoms with Crippen LogP contribution in [0.15, 0.2) is 18.3 Å². The van der Waals surface area contributed by atoms with E-state index in [1.165, 1.54) is 19.3 Å². The summed E-state index contributed by atoms with van der Waals surface area (Å²) >= 11 is 5.97. The number of hydrogen-bond donors (Lipinski definition) is 0. The monoisotopic (exact) mass is 281 g/mol. The summed E-state index contributed by atoms with van der Waals surface area (Å²) in [6, 6.07) is 3.68. The lowest BCUT2D eigenvalue weighted by Crippen LogP contribution is -2.34. The minimum atomic E-state index is 0.365. The molecule has 2 nitrogen and oxygen atoms in total. The van der Waals surface area contributed by atoms with Crippen molar-refractivity contribution in [2.24, 2.45) is 17.8 Å². The molecule has 0 spiro atoms. The molecule has 0 radical (unpaired) electrons. The van der Waals surface area contributed by atoms with E-state index in [1.54, 1.807) is 12.3 Å². The van der Waals surface area contributed by atoms with Crippen LogP contribution in [0.5, 0.6) is 0 Å². The smallest absolute Gasteiger partial charge is 0.0892 e. The van der Waals surface area contributed by atoms with E-state index in [0.717, 1.165) is 16.6 Å². The van der Waals surface area contributed by atoms with Gasteiger partial charge in [-0.2, -0.15) is 0 Å². The van der Waals surface area contributed by atoms with E-state index in [9.17, 15) is 0 Å². The first-order valence-corrected chi connectivity index (χ1v) is 7.66. The van der Waals surface area contributed by atoms with Crippen LogP contribution in [-0.2, 0) is 11.3 Å². The van der Waals surface area contributed by atoms with Gasteiger partial charge in [0.05, 0.1) is 18.4 Å². The van der Waals surface area contributed by atoms with E-state index in [1.807, 2.05) is 6.07 Å². The summed E-state index contributed by atoms with van der Waals surface area (Å²) in [4.78, 5) is 4.30. The number of ether oxygens (including phenoxy) is 1. The van der Waals surface area contributed by atoms with Gasteiger partial charge in [0.1, 0.15) is 0 Å².